The van der Waals surface area contributed by atoms with Gasteiger partial charge in [-0.15, -0.1) is 0 Å². The van der Waals surface area contributed by atoms with Crippen LogP contribution in [0.5, 0.6) is 5.75 Å². The summed E-state index contributed by atoms with van der Waals surface area (Å²) in [6.07, 6.45) is 0.129. The second-order valence-electron chi connectivity index (χ2n) is 6.73. The third kappa shape index (κ3) is 5.68. The first-order valence-corrected chi connectivity index (χ1v) is 9.28. The number of carbonyl (C=O) groups excluding carboxylic acids is 1. The lowest BCUT2D eigenvalue weighted by atomic mass is 10.2. The van der Waals surface area contributed by atoms with Crippen LogP contribution in [0.3, 0.4) is 0 Å². The minimum atomic E-state index is -0.370. The van der Waals surface area contributed by atoms with E-state index in [1.54, 1.807) is 24.3 Å². The van der Waals surface area contributed by atoms with Gasteiger partial charge in [-0.25, -0.2) is 9.78 Å². The number of carbonyl (C=O) groups is 1. The predicted molar refractivity (Wildman–Crippen MR) is 113 cm³/mol. The van der Waals surface area contributed by atoms with E-state index in [2.05, 4.69) is 20.6 Å². The first-order chi connectivity index (χ1) is 13.9. The van der Waals surface area contributed by atoms with Crippen molar-refractivity contribution in [3.05, 3.63) is 65.9 Å². The second-order valence-corrected chi connectivity index (χ2v) is 6.73. The summed E-state index contributed by atoms with van der Waals surface area (Å²) in [5, 5.41) is 6.43. The number of nitrogens with zero attached hydrogens (tertiary/aromatic N) is 2. The number of aryl methyl sites for hydroxylation is 1. The summed E-state index contributed by atoms with van der Waals surface area (Å²) >= 11 is 0. The largest absolute Gasteiger partial charge is 0.491 e. The maximum atomic E-state index is 11.5. The number of rotatable bonds is 7. The molecule has 3 rings (SSSR count). The van der Waals surface area contributed by atoms with Gasteiger partial charge in [0, 0.05) is 23.1 Å². The maximum absolute atomic E-state index is 11.5. The highest BCUT2D eigenvalue weighted by atomic mass is 16.5. The molecule has 0 unspecified atom stereocenters. The van der Waals surface area contributed by atoms with Gasteiger partial charge in [0.15, 0.2) is 0 Å². The van der Waals surface area contributed by atoms with Crippen LogP contribution in [0.15, 0.2) is 54.6 Å². The highest BCUT2D eigenvalue weighted by molar-refractivity contribution is 5.89. The Balaban J connectivity index is 1.71. The smallest absolute Gasteiger partial charge is 0.337 e. The molecule has 1 aromatic heterocycles. The van der Waals surface area contributed by atoms with E-state index in [1.165, 1.54) is 7.11 Å². The van der Waals surface area contributed by atoms with Crippen molar-refractivity contribution in [1.29, 1.82) is 0 Å². The van der Waals surface area contributed by atoms with E-state index in [0.717, 1.165) is 22.8 Å². The first kappa shape index (κ1) is 20.1. The number of ether oxygens (including phenoxy) is 2. The fourth-order valence-corrected chi connectivity index (χ4v) is 2.66. The average molecular weight is 392 g/mol. The number of hydrogen-bond acceptors (Lipinski definition) is 7. The Kier molecular flexibility index (Phi) is 6.29. The number of methoxy groups -OCH3 is 1. The van der Waals surface area contributed by atoms with Crippen LogP contribution >= 0.6 is 0 Å². The van der Waals surface area contributed by atoms with E-state index in [4.69, 9.17) is 9.47 Å². The SMILES string of the molecule is COC(=O)c1ccc(Nc2cc(C)nc(Nc3ccc(OC(C)C)cc3)n2)cc1. The van der Waals surface area contributed by atoms with Crippen molar-refractivity contribution in [3.63, 3.8) is 0 Å². The quantitative estimate of drug-likeness (QED) is 0.556. The summed E-state index contributed by atoms with van der Waals surface area (Å²) in [5.74, 6) is 1.57. The molecule has 0 radical (unpaired) electrons. The molecule has 7 nitrogen and oxygen atoms in total. The zero-order valence-corrected chi connectivity index (χ0v) is 16.9. The maximum Gasteiger partial charge on any atom is 0.337 e. The van der Waals surface area contributed by atoms with Crippen LogP contribution in [-0.2, 0) is 4.74 Å². The van der Waals surface area contributed by atoms with Crippen molar-refractivity contribution in [2.75, 3.05) is 17.7 Å². The fraction of sp³-hybridized carbons (Fsp3) is 0.227. The molecule has 0 saturated heterocycles. The van der Waals surface area contributed by atoms with Gasteiger partial charge < -0.3 is 20.1 Å². The van der Waals surface area contributed by atoms with Gasteiger partial charge in [-0.1, -0.05) is 0 Å². The Morgan fingerprint density at radius 3 is 2.17 bits per heavy atom. The van der Waals surface area contributed by atoms with Gasteiger partial charge in [-0.3, -0.25) is 0 Å². The summed E-state index contributed by atoms with van der Waals surface area (Å²) in [5.41, 5.74) is 2.97. The molecule has 0 fully saturated rings. The first-order valence-electron chi connectivity index (χ1n) is 9.28. The van der Waals surface area contributed by atoms with Gasteiger partial charge >= 0.3 is 5.97 Å². The Hall–Kier alpha value is -3.61. The molecule has 0 atom stereocenters. The Morgan fingerprint density at radius 2 is 1.55 bits per heavy atom. The van der Waals surface area contributed by atoms with Crippen molar-refractivity contribution >= 4 is 29.1 Å². The van der Waals surface area contributed by atoms with Crippen LogP contribution in [-0.4, -0.2) is 29.2 Å². The Bertz CT molecular complexity index is 970. The molecular weight excluding hydrogens is 368 g/mol. The van der Waals surface area contributed by atoms with Crippen molar-refractivity contribution < 1.29 is 14.3 Å². The van der Waals surface area contributed by atoms with Crippen molar-refractivity contribution in [2.45, 2.75) is 26.9 Å². The van der Waals surface area contributed by atoms with E-state index in [1.807, 2.05) is 51.1 Å². The lowest BCUT2D eigenvalue weighted by Crippen LogP contribution is -2.05. The van der Waals surface area contributed by atoms with Crippen molar-refractivity contribution in [1.82, 2.24) is 9.97 Å². The summed E-state index contributed by atoms with van der Waals surface area (Å²) in [6, 6.07) is 16.5. The molecule has 0 bridgehead atoms. The Morgan fingerprint density at radius 1 is 0.931 bits per heavy atom. The Labute approximate surface area is 170 Å². The van der Waals surface area contributed by atoms with E-state index in [-0.39, 0.29) is 12.1 Å². The normalized spacial score (nSPS) is 10.5. The number of esters is 1. The number of nitrogens with one attached hydrogen (secondary N) is 2. The van der Waals surface area contributed by atoms with E-state index in [9.17, 15) is 4.79 Å². The lowest BCUT2D eigenvalue weighted by molar-refractivity contribution is 0.0601. The molecular formula is C22H24N4O3. The van der Waals surface area contributed by atoms with Gasteiger partial charge in [0.1, 0.15) is 11.6 Å². The third-order valence-corrected chi connectivity index (χ3v) is 3.91. The monoisotopic (exact) mass is 392 g/mol. The highest BCUT2D eigenvalue weighted by Gasteiger charge is 2.07. The molecule has 0 saturated carbocycles. The third-order valence-electron chi connectivity index (χ3n) is 3.91. The zero-order chi connectivity index (χ0) is 20.8. The van der Waals surface area contributed by atoms with Crippen molar-refractivity contribution in [3.8, 4) is 5.75 Å². The molecule has 2 aromatic carbocycles. The number of anilines is 4. The summed E-state index contributed by atoms with van der Waals surface area (Å²) in [7, 11) is 1.36. The van der Waals surface area contributed by atoms with Crippen LogP contribution in [0.1, 0.15) is 29.9 Å². The molecule has 29 heavy (non-hydrogen) atoms. The van der Waals surface area contributed by atoms with Gasteiger partial charge in [0.2, 0.25) is 5.95 Å². The van der Waals surface area contributed by atoms with Gasteiger partial charge in [0.05, 0.1) is 18.8 Å². The molecule has 1 heterocycles. The molecule has 150 valence electrons. The molecule has 0 aliphatic heterocycles. The molecule has 0 aliphatic carbocycles. The number of benzene rings is 2. The summed E-state index contributed by atoms with van der Waals surface area (Å²) in [4.78, 5) is 20.5. The van der Waals surface area contributed by atoms with E-state index in [0.29, 0.717) is 17.3 Å². The van der Waals surface area contributed by atoms with E-state index < -0.39 is 0 Å². The predicted octanol–water partition coefficient (Wildman–Crippen LogP) is 4.85. The average Bonchev–Trinajstić information content (AvgIpc) is 2.68. The summed E-state index contributed by atoms with van der Waals surface area (Å²) < 4.78 is 10.4. The minimum absolute atomic E-state index is 0.129. The zero-order valence-electron chi connectivity index (χ0n) is 16.9. The van der Waals surface area contributed by atoms with E-state index >= 15 is 0 Å². The van der Waals surface area contributed by atoms with Gasteiger partial charge in [-0.2, -0.15) is 4.98 Å². The molecule has 2 N–H and O–H groups in total. The number of aromatic nitrogens is 2. The lowest BCUT2D eigenvalue weighted by Gasteiger charge is -2.12. The molecule has 7 heteroatoms. The van der Waals surface area contributed by atoms with Crippen LogP contribution in [0.2, 0.25) is 0 Å². The highest BCUT2D eigenvalue weighted by Crippen LogP contribution is 2.22. The fourth-order valence-electron chi connectivity index (χ4n) is 2.66. The molecule has 0 spiro atoms. The van der Waals surface area contributed by atoms with Crippen molar-refractivity contribution in [2.24, 2.45) is 0 Å². The van der Waals surface area contributed by atoms with Crippen LogP contribution in [0.4, 0.5) is 23.1 Å². The second kappa shape index (κ2) is 9.05. The standard InChI is InChI=1S/C22H24N4O3/c1-14(2)29-19-11-9-18(10-12-19)25-22-23-15(3)13-20(26-22)24-17-7-5-16(6-8-17)21(27)28-4/h5-14H,1-4H3,(H2,23,24,25,26). The van der Waals surface area contributed by atoms with Crippen LogP contribution < -0.4 is 15.4 Å². The summed E-state index contributed by atoms with van der Waals surface area (Å²) in [6.45, 7) is 5.88. The van der Waals surface area contributed by atoms with Gasteiger partial charge in [0.25, 0.3) is 0 Å². The molecule has 0 aliphatic rings. The van der Waals surface area contributed by atoms with Gasteiger partial charge in [-0.05, 0) is 69.3 Å². The molecule has 0 amide bonds. The minimum Gasteiger partial charge on any atom is -0.491 e. The number of hydrogen-bond donors (Lipinski definition) is 2. The van der Waals surface area contributed by atoms with Crippen LogP contribution in [0, 0.1) is 6.92 Å². The van der Waals surface area contributed by atoms with Crippen LogP contribution in [0.25, 0.3) is 0 Å². The molecule has 3 aromatic rings. The topological polar surface area (TPSA) is 85.4 Å².